The first-order valence-electron chi connectivity index (χ1n) is 5.95. The van der Waals surface area contributed by atoms with Crippen LogP contribution in [-0.2, 0) is 9.59 Å². The fraction of sp³-hybridized carbons (Fsp3) is 0.750. The van der Waals surface area contributed by atoms with Crippen LogP contribution < -0.4 is 11.1 Å². The minimum Gasteiger partial charge on any atom is -0.480 e. The molecule has 0 spiro atoms. The molecule has 0 saturated heterocycles. The summed E-state index contributed by atoms with van der Waals surface area (Å²) >= 11 is 0. The molecule has 5 N–H and O–H groups in total. The lowest BCUT2D eigenvalue weighted by Crippen LogP contribution is -2.30. The van der Waals surface area contributed by atoms with Crippen LogP contribution in [0.15, 0.2) is 0 Å². The van der Waals surface area contributed by atoms with Crippen molar-refractivity contribution in [3.8, 4) is 0 Å². The lowest BCUT2D eigenvalue weighted by molar-refractivity contribution is -0.138. The minimum atomic E-state index is -2.59. The highest BCUT2D eigenvalue weighted by atomic mass is 16.4. The summed E-state index contributed by atoms with van der Waals surface area (Å²) in [5.41, 5.74) is 5.19. The van der Waals surface area contributed by atoms with Crippen LogP contribution in [-0.4, -0.2) is 41.2 Å². The van der Waals surface area contributed by atoms with Gasteiger partial charge in [-0.2, -0.15) is 0 Å². The van der Waals surface area contributed by atoms with Crippen LogP contribution >= 0.6 is 0 Å². The lowest BCUT2D eigenvalue weighted by atomic mass is 10.1. The van der Waals surface area contributed by atoms with Gasteiger partial charge in [0.1, 0.15) is 6.04 Å². The Balaban J connectivity index is 4.49. The van der Waals surface area contributed by atoms with E-state index in [-0.39, 0.29) is 6.42 Å². The van der Waals surface area contributed by atoms with E-state index in [1.807, 2.05) is 5.32 Å². The van der Waals surface area contributed by atoms with Crippen LogP contribution in [0.3, 0.4) is 0 Å². The summed E-state index contributed by atoms with van der Waals surface area (Å²) in [6.45, 7) is -3.33. The normalized spacial score (nSPS) is 18.6. The van der Waals surface area contributed by atoms with E-state index in [4.69, 9.17) is 21.4 Å². The van der Waals surface area contributed by atoms with Crippen LogP contribution in [0.5, 0.6) is 0 Å². The van der Waals surface area contributed by atoms with Crippen molar-refractivity contribution in [3.63, 3.8) is 0 Å². The van der Waals surface area contributed by atoms with Gasteiger partial charge >= 0.3 is 11.9 Å². The molecule has 0 aliphatic carbocycles. The van der Waals surface area contributed by atoms with Crippen LogP contribution in [0.25, 0.3) is 0 Å². The molecular formula is C8H16N2O4. The Bertz CT molecular complexity index is 324. The number of carboxylic acid groups (broad SMARTS) is 2. The third kappa shape index (κ3) is 7.51. The Morgan fingerprint density at radius 3 is 2.64 bits per heavy atom. The number of carbonyl (C=O) groups is 2. The first kappa shape index (κ1) is 7.19. The summed E-state index contributed by atoms with van der Waals surface area (Å²) in [5, 5.41) is 18.8. The van der Waals surface area contributed by atoms with Crippen molar-refractivity contribution >= 4 is 11.9 Å². The zero-order chi connectivity index (χ0) is 14.6. The third-order valence-electron chi connectivity index (χ3n) is 1.31. The Kier molecular flexibility index (Phi) is 3.74. The Labute approximate surface area is 87.7 Å². The molecule has 0 saturated carbocycles. The number of nitrogens with two attached hydrogens (primary N) is 1. The fourth-order valence-corrected chi connectivity index (χ4v) is 0.596. The van der Waals surface area contributed by atoms with Crippen molar-refractivity contribution < 1.29 is 25.3 Å². The molecule has 0 radical (unpaired) electrons. The van der Waals surface area contributed by atoms with Gasteiger partial charge in [0.25, 0.3) is 0 Å². The first-order valence-corrected chi connectivity index (χ1v) is 3.95. The van der Waals surface area contributed by atoms with E-state index in [0.29, 0.717) is 0 Å². The molecule has 0 aliphatic rings. The topological polar surface area (TPSA) is 113 Å². The monoisotopic (exact) mass is 208 g/mol. The van der Waals surface area contributed by atoms with Crippen LogP contribution in [0.1, 0.15) is 24.7 Å². The molecule has 0 heterocycles. The molecule has 0 aromatic heterocycles. The molecule has 14 heavy (non-hydrogen) atoms. The average Bonchev–Trinajstić information content (AvgIpc) is 2.22. The summed E-state index contributed by atoms with van der Waals surface area (Å²) < 4.78 is 29.8. The molecule has 0 aliphatic heterocycles. The number of aliphatic carboxylic acids is 2. The van der Waals surface area contributed by atoms with E-state index in [0.717, 1.165) is 0 Å². The molecule has 6 nitrogen and oxygen atoms in total. The van der Waals surface area contributed by atoms with Crippen molar-refractivity contribution in [1.29, 1.82) is 0 Å². The number of carboxylic acids is 2. The SMILES string of the molecule is [2H]C([2H])(CC[C@H](N)C(=O)O)C([2H])([2H])NCC(=O)O. The minimum absolute atomic E-state index is 0.253. The van der Waals surface area contributed by atoms with Crippen LogP contribution in [0, 0.1) is 0 Å². The van der Waals surface area contributed by atoms with Crippen LogP contribution in [0.4, 0.5) is 0 Å². The maximum atomic E-state index is 10.4. The highest BCUT2D eigenvalue weighted by molar-refractivity contribution is 5.72. The quantitative estimate of drug-likeness (QED) is 0.417. The highest BCUT2D eigenvalue weighted by Crippen LogP contribution is 1.97. The van der Waals surface area contributed by atoms with Gasteiger partial charge in [0.15, 0.2) is 0 Å². The van der Waals surface area contributed by atoms with Crippen molar-refractivity contribution in [3.05, 3.63) is 0 Å². The number of rotatable bonds is 8. The van der Waals surface area contributed by atoms with Gasteiger partial charge < -0.3 is 21.3 Å². The maximum Gasteiger partial charge on any atom is 0.320 e. The summed E-state index contributed by atoms with van der Waals surface area (Å²) in [6.07, 6.45) is -3.13. The molecule has 0 rings (SSSR count). The Morgan fingerprint density at radius 2 is 2.14 bits per heavy atom. The van der Waals surface area contributed by atoms with Crippen molar-refractivity contribution in [2.24, 2.45) is 5.73 Å². The second-order valence-corrected chi connectivity index (χ2v) is 2.53. The molecule has 0 bridgehead atoms. The standard InChI is InChI=1S/C8H16N2O4/c9-6(8(13)14)3-1-2-4-10-5-7(11)12/h6,10H,1-5,9H2,(H,11,12)(H,13,14)/t6-/m0/s1/i2D2,4D2. The summed E-state index contributed by atoms with van der Waals surface area (Å²) in [6, 6.07) is -1.28. The van der Waals surface area contributed by atoms with Gasteiger partial charge in [-0.3, -0.25) is 9.59 Å². The number of hydrogen-bond acceptors (Lipinski definition) is 4. The number of nitrogens with one attached hydrogen (secondary N) is 1. The highest BCUT2D eigenvalue weighted by Gasteiger charge is 2.09. The Hall–Kier alpha value is -1.14. The van der Waals surface area contributed by atoms with E-state index in [9.17, 15) is 9.59 Å². The zero-order valence-electron chi connectivity index (χ0n) is 11.5. The largest absolute Gasteiger partial charge is 0.480 e. The second-order valence-electron chi connectivity index (χ2n) is 2.53. The van der Waals surface area contributed by atoms with Gasteiger partial charge in [-0.1, -0.05) is 6.42 Å². The van der Waals surface area contributed by atoms with Crippen molar-refractivity contribution in [1.82, 2.24) is 5.32 Å². The first-order chi connectivity index (χ1) is 7.99. The summed E-state index contributed by atoms with van der Waals surface area (Å²) in [4.78, 5) is 20.7. The van der Waals surface area contributed by atoms with Gasteiger partial charge in [0.05, 0.1) is 6.54 Å². The van der Waals surface area contributed by atoms with Crippen LogP contribution in [0.2, 0.25) is 0 Å². The molecule has 0 aromatic rings. The average molecular weight is 208 g/mol. The van der Waals surface area contributed by atoms with Gasteiger partial charge in [0.2, 0.25) is 0 Å². The molecule has 0 fully saturated rings. The van der Waals surface area contributed by atoms with Gasteiger partial charge in [0, 0.05) is 5.48 Å². The molecular weight excluding hydrogens is 188 g/mol. The van der Waals surface area contributed by atoms with E-state index in [1.54, 1.807) is 0 Å². The van der Waals surface area contributed by atoms with E-state index in [2.05, 4.69) is 0 Å². The Morgan fingerprint density at radius 1 is 1.50 bits per heavy atom. The smallest absolute Gasteiger partial charge is 0.320 e. The molecule has 6 heteroatoms. The van der Waals surface area contributed by atoms with E-state index in [1.165, 1.54) is 0 Å². The predicted molar refractivity (Wildman–Crippen MR) is 50.0 cm³/mol. The lowest BCUT2D eigenvalue weighted by Gasteiger charge is -2.05. The molecule has 82 valence electrons. The number of hydrogen-bond donors (Lipinski definition) is 4. The third-order valence-corrected chi connectivity index (χ3v) is 1.31. The van der Waals surface area contributed by atoms with Gasteiger partial charge in [-0.05, 0) is 19.3 Å². The van der Waals surface area contributed by atoms with Gasteiger partial charge in [-0.25, -0.2) is 0 Å². The van der Waals surface area contributed by atoms with Crippen molar-refractivity contribution in [2.75, 3.05) is 13.0 Å². The fourth-order valence-electron chi connectivity index (χ4n) is 0.596. The molecule has 0 aromatic carbocycles. The molecule has 0 amide bonds. The zero-order valence-corrected chi connectivity index (χ0v) is 7.49. The maximum absolute atomic E-state index is 10.4. The molecule has 0 unspecified atom stereocenters. The summed E-state index contributed by atoms with van der Waals surface area (Å²) in [5.74, 6) is -2.62. The second kappa shape index (κ2) is 7.28. The van der Waals surface area contributed by atoms with Crippen molar-refractivity contribution in [2.45, 2.75) is 25.3 Å². The van der Waals surface area contributed by atoms with E-state index < -0.39 is 43.8 Å². The summed E-state index contributed by atoms with van der Waals surface area (Å²) in [7, 11) is 0. The van der Waals surface area contributed by atoms with E-state index >= 15 is 0 Å². The van der Waals surface area contributed by atoms with Gasteiger partial charge in [-0.15, -0.1) is 0 Å². The predicted octanol–water partition coefficient (Wildman–Crippen LogP) is -0.757. The molecule has 1 atom stereocenters.